The van der Waals surface area contributed by atoms with Crippen LogP contribution in [0.5, 0.6) is 0 Å². The van der Waals surface area contributed by atoms with Crippen LogP contribution in [-0.2, 0) is 4.79 Å². The SMILES string of the molecule is CCC1(C)NCN(C(C)C2CC3CCC2C3)C1=O. The minimum Gasteiger partial charge on any atom is -0.325 e. The molecule has 0 radical (unpaired) electrons. The van der Waals surface area contributed by atoms with Gasteiger partial charge in [-0.25, -0.2) is 0 Å². The summed E-state index contributed by atoms with van der Waals surface area (Å²) in [6.45, 7) is 7.16. The number of nitrogens with one attached hydrogen (secondary N) is 1. The highest BCUT2D eigenvalue weighted by Gasteiger charge is 2.48. The molecule has 0 aromatic rings. The highest BCUT2D eigenvalue weighted by molar-refractivity contribution is 5.88. The van der Waals surface area contributed by atoms with Gasteiger partial charge in [0.1, 0.15) is 0 Å². The molecule has 1 heterocycles. The molecule has 1 saturated heterocycles. The zero-order valence-electron chi connectivity index (χ0n) is 11.9. The van der Waals surface area contributed by atoms with Gasteiger partial charge in [0, 0.05) is 6.04 Å². The Labute approximate surface area is 110 Å². The Bertz CT molecular complexity index is 356. The summed E-state index contributed by atoms with van der Waals surface area (Å²) in [5, 5.41) is 3.41. The Hall–Kier alpha value is -0.570. The molecule has 2 bridgehead atoms. The van der Waals surface area contributed by atoms with Gasteiger partial charge in [-0.05, 0) is 57.3 Å². The fraction of sp³-hybridized carbons (Fsp3) is 0.933. The van der Waals surface area contributed by atoms with E-state index < -0.39 is 0 Å². The van der Waals surface area contributed by atoms with E-state index in [-0.39, 0.29) is 5.54 Å². The molecule has 0 aromatic carbocycles. The first-order valence-electron chi connectivity index (χ1n) is 7.61. The molecule has 3 fully saturated rings. The van der Waals surface area contributed by atoms with Crippen LogP contribution in [-0.4, -0.2) is 29.1 Å². The van der Waals surface area contributed by atoms with Crippen molar-refractivity contribution in [3.8, 4) is 0 Å². The Balaban J connectivity index is 1.71. The van der Waals surface area contributed by atoms with E-state index in [9.17, 15) is 4.79 Å². The van der Waals surface area contributed by atoms with Gasteiger partial charge in [-0.2, -0.15) is 0 Å². The first-order valence-corrected chi connectivity index (χ1v) is 7.61. The van der Waals surface area contributed by atoms with Gasteiger partial charge in [0.2, 0.25) is 5.91 Å². The van der Waals surface area contributed by atoms with Crippen LogP contribution in [0.2, 0.25) is 0 Å². The largest absolute Gasteiger partial charge is 0.325 e. The lowest BCUT2D eigenvalue weighted by Crippen LogP contribution is -2.46. The highest BCUT2D eigenvalue weighted by Crippen LogP contribution is 2.50. The molecule has 3 heteroatoms. The molecule has 3 aliphatic rings. The van der Waals surface area contributed by atoms with Gasteiger partial charge in [-0.15, -0.1) is 0 Å². The third-order valence-corrected chi connectivity index (χ3v) is 5.98. The van der Waals surface area contributed by atoms with Gasteiger partial charge < -0.3 is 4.90 Å². The molecule has 2 saturated carbocycles. The molecular weight excluding hydrogens is 224 g/mol. The molecule has 102 valence electrons. The number of amides is 1. The second-order valence-electron chi connectivity index (χ2n) is 6.87. The van der Waals surface area contributed by atoms with Crippen LogP contribution in [0.1, 0.15) is 52.9 Å². The Kier molecular flexibility index (Phi) is 2.92. The van der Waals surface area contributed by atoms with E-state index in [1.54, 1.807) is 0 Å². The van der Waals surface area contributed by atoms with Crippen molar-refractivity contribution in [1.82, 2.24) is 10.2 Å². The molecule has 18 heavy (non-hydrogen) atoms. The number of nitrogens with zero attached hydrogens (tertiary/aromatic N) is 1. The van der Waals surface area contributed by atoms with Crippen LogP contribution in [0, 0.1) is 17.8 Å². The van der Waals surface area contributed by atoms with E-state index in [0.29, 0.717) is 11.9 Å². The lowest BCUT2D eigenvalue weighted by Gasteiger charge is -2.34. The molecule has 0 spiro atoms. The lowest BCUT2D eigenvalue weighted by molar-refractivity contribution is -0.134. The number of carbonyl (C=O) groups excluding carboxylic acids is 1. The summed E-state index contributed by atoms with van der Waals surface area (Å²) in [7, 11) is 0. The Morgan fingerprint density at radius 2 is 2.22 bits per heavy atom. The van der Waals surface area contributed by atoms with Gasteiger partial charge in [-0.3, -0.25) is 10.1 Å². The van der Waals surface area contributed by atoms with Gasteiger partial charge in [0.25, 0.3) is 0 Å². The van der Waals surface area contributed by atoms with Crippen LogP contribution in [0.3, 0.4) is 0 Å². The van der Waals surface area contributed by atoms with Crippen LogP contribution in [0.15, 0.2) is 0 Å². The van der Waals surface area contributed by atoms with Crippen molar-refractivity contribution in [2.45, 2.75) is 64.5 Å². The van der Waals surface area contributed by atoms with E-state index in [1.165, 1.54) is 25.7 Å². The molecule has 1 N–H and O–H groups in total. The second kappa shape index (κ2) is 4.22. The first-order chi connectivity index (χ1) is 8.55. The van der Waals surface area contributed by atoms with Gasteiger partial charge >= 0.3 is 0 Å². The predicted octanol–water partition coefficient (Wildman–Crippen LogP) is 2.37. The summed E-state index contributed by atoms with van der Waals surface area (Å²) in [6.07, 6.45) is 6.51. The zero-order chi connectivity index (χ0) is 12.9. The fourth-order valence-corrected chi connectivity index (χ4v) is 4.45. The normalized spacial score (nSPS) is 44.9. The van der Waals surface area contributed by atoms with Crippen LogP contribution < -0.4 is 5.32 Å². The number of carbonyl (C=O) groups is 1. The average molecular weight is 250 g/mol. The molecule has 5 unspecified atom stereocenters. The number of fused-ring (bicyclic) bond motifs is 2. The van der Waals surface area contributed by atoms with Crippen molar-refractivity contribution in [3.63, 3.8) is 0 Å². The molecule has 2 aliphatic carbocycles. The maximum atomic E-state index is 12.5. The van der Waals surface area contributed by atoms with E-state index >= 15 is 0 Å². The Morgan fingerprint density at radius 1 is 1.44 bits per heavy atom. The number of hydrogen-bond donors (Lipinski definition) is 1. The van der Waals surface area contributed by atoms with Gasteiger partial charge in [0.15, 0.2) is 0 Å². The summed E-state index contributed by atoms with van der Waals surface area (Å²) >= 11 is 0. The van der Waals surface area contributed by atoms with E-state index in [1.807, 2.05) is 6.92 Å². The number of rotatable bonds is 3. The molecule has 1 amide bonds. The lowest BCUT2D eigenvalue weighted by atomic mass is 9.83. The van der Waals surface area contributed by atoms with Crippen molar-refractivity contribution in [1.29, 1.82) is 0 Å². The van der Waals surface area contributed by atoms with Gasteiger partial charge in [0.05, 0.1) is 12.2 Å². The molecule has 5 atom stereocenters. The standard InChI is InChI=1S/C15H26N2O/c1-4-15(3)14(18)17(9-16-15)10(2)13-8-11-5-6-12(13)7-11/h10-13,16H,4-9H2,1-3H3. The molecule has 0 aromatic heterocycles. The molecular formula is C15H26N2O. The highest BCUT2D eigenvalue weighted by atomic mass is 16.2. The van der Waals surface area contributed by atoms with Crippen molar-refractivity contribution in [2.24, 2.45) is 17.8 Å². The summed E-state index contributed by atoms with van der Waals surface area (Å²) < 4.78 is 0. The number of hydrogen-bond acceptors (Lipinski definition) is 2. The summed E-state index contributed by atoms with van der Waals surface area (Å²) in [4.78, 5) is 14.6. The van der Waals surface area contributed by atoms with Crippen molar-refractivity contribution >= 4 is 5.91 Å². The summed E-state index contributed by atoms with van der Waals surface area (Å²) in [5.41, 5.74) is -0.314. The van der Waals surface area contributed by atoms with Gasteiger partial charge in [-0.1, -0.05) is 13.3 Å². The zero-order valence-corrected chi connectivity index (χ0v) is 11.9. The minimum absolute atomic E-state index is 0.314. The quantitative estimate of drug-likeness (QED) is 0.834. The van der Waals surface area contributed by atoms with Crippen molar-refractivity contribution < 1.29 is 4.79 Å². The van der Waals surface area contributed by atoms with Crippen molar-refractivity contribution in [2.75, 3.05) is 6.67 Å². The maximum Gasteiger partial charge on any atom is 0.243 e. The van der Waals surface area contributed by atoms with E-state index in [0.717, 1.165) is 30.8 Å². The summed E-state index contributed by atoms with van der Waals surface area (Å²) in [5.74, 6) is 2.94. The van der Waals surface area contributed by atoms with Crippen molar-refractivity contribution in [3.05, 3.63) is 0 Å². The van der Waals surface area contributed by atoms with Crippen LogP contribution >= 0.6 is 0 Å². The maximum absolute atomic E-state index is 12.5. The van der Waals surface area contributed by atoms with E-state index in [2.05, 4.69) is 24.1 Å². The molecule has 3 nitrogen and oxygen atoms in total. The van der Waals surface area contributed by atoms with Crippen LogP contribution in [0.4, 0.5) is 0 Å². The monoisotopic (exact) mass is 250 g/mol. The first kappa shape index (κ1) is 12.5. The topological polar surface area (TPSA) is 32.3 Å². The second-order valence-corrected chi connectivity index (χ2v) is 6.87. The smallest absolute Gasteiger partial charge is 0.243 e. The molecule has 3 rings (SSSR count). The predicted molar refractivity (Wildman–Crippen MR) is 71.9 cm³/mol. The van der Waals surface area contributed by atoms with E-state index in [4.69, 9.17) is 0 Å². The average Bonchev–Trinajstić information content (AvgIpc) is 3.05. The molecule has 1 aliphatic heterocycles. The summed E-state index contributed by atoms with van der Waals surface area (Å²) in [6, 6.07) is 0.425. The fourth-order valence-electron chi connectivity index (χ4n) is 4.45. The third kappa shape index (κ3) is 1.70. The third-order valence-electron chi connectivity index (χ3n) is 5.98. The minimum atomic E-state index is -0.314. The Morgan fingerprint density at radius 3 is 2.72 bits per heavy atom. The van der Waals surface area contributed by atoms with Crippen LogP contribution in [0.25, 0.3) is 0 Å².